The number of nitrogens with zero attached hydrogens (tertiary/aromatic N) is 2. The van der Waals surface area contributed by atoms with Gasteiger partial charge in [0, 0.05) is 7.05 Å². The average molecular weight is 272 g/mol. The van der Waals surface area contributed by atoms with Crippen LogP contribution in [0.2, 0.25) is 0 Å². The molecule has 0 spiro atoms. The molecule has 2 N–H and O–H groups in total. The molecule has 80 valence electrons. The van der Waals surface area contributed by atoms with Gasteiger partial charge < -0.3 is 5.73 Å². The number of nitrogens with two attached hydrogens (primary N) is 1. The first-order valence-corrected chi connectivity index (χ1v) is 4.60. The molecule has 0 fully saturated rings. The van der Waals surface area contributed by atoms with E-state index in [2.05, 4.69) is 21.0 Å². The van der Waals surface area contributed by atoms with Crippen molar-refractivity contribution in [3.05, 3.63) is 16.4 Å². The van der Waals surface area contributed by atoms with Crippen LogP contribution in [0.4, 0.5) is 13.2 Å². The van der Waals surface area contributed by atoms with Crippen LogP contribution in [0.3, 0.4) is 0 Å². The highest BCUT2D eigenvalue weighted by Crippen LogP contribution is 2.30. The third kappa shape index (κ3) is 2.71. The summed E-state index contributed by atoms with van der Waals surface area (Å²) in [6.45, 7) is 0. The zero-order valence-electron chi connectivity index (χ0n) is 7.35. The van der Waals surface area contributed by atoms with Gasteiger partial charge in [-0.15, -0.1) is 0 Å². The molecule has 1 aromatic rings. The van der Waals surface area contributed by atoms with Gasteiger partial charge in [-0.25, -0.2) is 0 Å². The Kier molecular flexibility index (Phi) is 3.20. The second-order valence-electron chi connectivity index (χ2n) is 2.93. The molecule has 0 amide bonds. The van der Waals surface area contributed by atoms with E-state index < -0.39 is 18.6 Å². The molecule has 1 aromatic heterocycles. The molecule has 0 aromatic carbocycles. The van der Waals surface area contributed by atoms with Crippen molar-refractivity contribution in [1.29, 1.82) is 0 Å². The Balaban J connectivity index is 2.84. The lowest BCUT2D eigenvalue weighted by Crippen LogP contribution is -2.22. The Hall–Kier alpha value is -0.560. The largest absolute Gasteiger partial charge is 0.390 e. The van der Waals surface area contributed by atoms with E-state index in [0.717, 1.165) is 0 Å². The van der Waals surface area contributed by atoms with Crippen LogP contribution in [0.1, 0.15) is 18.2 Å². The quantitative estimate of drug-likeness (QED) is 0.896. The first-order valence-electron chi connectivity index (χ1n) is 3.81. The fourth-order valence-corrected chi connectivity index (χ4v) is 1.83. The molecule has 14 heavy (non-hydrogen) atoms. The van der Waals surface area contributed by atoms with E-state index in [1.54, 1.807) is 7.05 Å². The summed E-state index contributed by atoms with van der Waals surface area (Å²) in [4.78, 5) is 0. The SMILES string of the molecule is Cn1ncc(Br)c1[C@H](N)CC(F)(F)F. The number of hydrogen-bond acceptors (Lipinski definition) is 2. The summed E-state index contributed by atoms with van der Waals surface area (Å²) in [6.07, 6.45) is -3.89. The molecule has 0 aliphatic rings. The molecular formula is C7H9BrF3N3. The molecule has 0 radical (unpaired) electrons. The Labute approximate surface area is 87.2 Å². The molecule has 1 rings (SSSR count). The second kappa shape index (κ2) is 3.90. The topological polar surface area (TPSA) is 43.8 Å². The van der Waals surface area contributed by atoms with Gasteiger partial charge in [-0.2, -0.15) is 18.3 Å². The van der Waals surface area contributed by atoms with E-state index in [1.807, 2.05) is 0 Å². The highest BCUT2D eigenvalue weighted by Gasteiger charge is 2.32. The minimum atomic E-state index is -4.26. The van der Waals surface area contributed by atoms with E-state index in [0.29, 0.717) is 10.2 Å². The normalized spacial score (nSPS) is 14.4. The molecule has 0 aliphatic heterocycles. The molecule has 0 saturated carbocycles. The molecule has 0 saturated heterocycles. The van der Waals surface area contributed by atoms with Crippen molar-refractivity contribution in [2.24, 2.45) is 12.8 Å². The summed E-state index contributed by atoms with van der Waals surface area (Å²) in [5, 5.41) is 3.79. The predicted molar refractivity (Wildman–Crippen MR) is 48.5 cm³/mol. The van der Waals surface area contributed by atoms with E-state index in [-0.39, 0.29) is 0 Å². The van der Waals surface area contributed by atoms with Crippen LogP contribution in [-0.2, 0) is 7.05 Å². The maximum atomic E-state index is 12.0. The lowest BCUT2D eigenvalue weighted by molar-refractivity contribution is -0.138. The maximum Gasteiger partial charge on any atom is 0.390 e. The zero-order valence-corrected chi connectivity index (χ0v) is 8.93. The maximum absolute atomic E-state index is 12.0. The molecule has 3 nitrogen and oxygen atoms in total. The molecule has 0 bridgehead atoms. The number of aryl methyl sites for hydroxylation is 1. The number of hydrogen-bond donors (Lipinski definition) is 1. The first-order chi connectivity index (χ1) is 6.31. The summed E-state index contributed by atoms with van der Waals surface area (Å²) in [5.74, 6) is 0. The highest BCUT2D eigenvalue weighted by atomic mass is 79.9. The third-order valence-corrected chi connectivity index (χ3v) is 2.35. The van der Waals surface area contributed by atoms with Crippen LogP contribution in [0.25, 0.3) is 0 Å². The molecule has 0 unspecified atom stereocenters. The molecule has 1 heterocycles. The number of halogens is 4. The smallest absolute Gasteiger partial charge is 0.322 e. The van der Waals surface area contributed by atoms with E-state index in [1.165, 1.54) is 10.9 Å². The zero-order chi connectivity index (χ0) is 10.9. The lowest BCUT2D eigenvalue weighted by atomic mass is 10.1. The minimum absolute atomic E-state index is 0.349. The fourth-order valence-electron chi connectivity index (χ4n) is 1.18. The van der Waals surface area contributed by atoms with Crippen LogP contribution in [0.15, 0.2) is 10.7 Å². The second-order valence-corrected chi connectivity index (χ2v) is 3.78. The monoisotopic (exact) mass is 271 g/mol. The van der Waals surface area contributed by atoms with E-state index in [9.17, 15) is 13.2 Å². The van der Waals surface area contributed by atoms with Gasteiger partial charge in [0.1, 0.15) is 0 Å². The molecule has 7 heteroatoms. The van der Waals surface area contributed by atoms with Crippen LogP contribution < -0.4 is 5.73 Å². The van der Waals surface area contributed by atoms with Crippen molar-refractivity contribution in [1.82, 2.24) is 9.78 Å². The van der Waals surface area contributed by atoms with E-state index >= 15 is 0 Å². The Morgan fingerprint density at radius 1 is 1.64 bits per heavy atom. The summed E-state index contributed by atoms with van der Waals surface area (Å²) in [7, 11) is 1.55. The van der Waals surface area contributed by atoms with Crippen molar-refractivity contribution in [3.8, 4) is 0 Å². The van der Waals surface area contributed by atoms with Crippen LogP contribution in [0, 0.1) is 0 Å². The van der Waals surface area contributed by atoms with Gasteiger partial charge in [0.15, 0.2) is 0 Å². The Morgan fingerprint density at radius 2 is 2.21 bits per heavy atom. The number of aromatic nitrogens is 2. The third-order valence-electron chi connectivity index (χ3n) is 1.74. The van der Waals surface area contributed by atoms with Crippen molar-refractivity contribution in [2.45, 2.75) is 18.6 Å². The lowest BCUT2D eigenvalue weighted by Gasteiger charge is -2.14. The highest BCUT2D eigenvalue weighted by molar-refractivity contribution is 9.10. The van der Waals surface area contributed by atoms with Crippen LogP contribution >= 0.6 is 15.9 Å². The summed E-state index contributed by atoms with van der Waals surface area (Å²) in [6, 6.07) is -1.09. The van der Waals surface area contributed by atoms with Crippen molar-refractivity contribution < 1.29 is 13.2 Å². The average Bonchev–Trinajstić information content (AvgIpc) is 2.27. The summed E-state index contributed by atoms with van der Waals surface area (Å²) >= 11 is 3.09. The number of alkyl halides is 3. The van der Waals surface area contributed by atoms with Crippen molar-refractivity contribution >= 4 is 15.9 Å². The van der Waals surface area contributed by atoms with Crippen LogP contribution in [0.5, 0.6) is 0 Å². The predicted octanol–water partition coefficient (Wildman–Crippen LogP) is 2.13. The Morgan fingerprint density at radius 3 is 2.57 bits per heavy atom. The summed E-state index contributed by atoms with van der Waals surface area (Å²) in [5.41, 5.74) is 5.77. The van der Waals surface area contributed by atoms with Gasteiger partial charge in [-0.3, -0.25) is 4.68 Å². The minimum Gasteiger partial charge on any atom is -0.322 e. The number of rotatable bonds is 2. The van der Waals surface area contributed by atoms with E-state index in [4.69, 9.17) is 5.73 Å². The van der Waals surface area contributed by atoms with Crippen molar-refractivity contribution in [3.63, 3.8) is 0 Å². The van der Waals surface area contributed by atoms with Gasteiger partial charge in [0.05, 0.1) is 28.8 Å². The van der Waals surface area contributed by atoms with Gasteiger partial charge >= 0.3 is 6.18 Å². The van der Waals surface area contributed by atoms with Gasteiger partial charge in [-0.05, 0) is 15.9 Å². The molecule has 1 atom stereocenters. The molecule has 0 aliphatic carbocycles. The van der Waals surface area contributed by atoms with Gasteiger partial charge in [0.2, 0.25) is 0 Å². The summed E-state index contributed by atoms with van der Waals surface area (Å²) < 4.78 is 37.9. The van der Waals surface area contributed by atoms with Gasteiger partial charge in [0.25, 0.3) is 0 Å². The fraction of sp³-hybridized carbons (Fsp3) is 0.571. The standard InChI is InChI=1S/C7H9BrF3N3/c1-14-6(4(8)3-13-14)5(12)2-7(9,10)11/h3,5H,2,12H2,1H3/t5-/m1/s1. The van der Waals surface area contributed by atoms with Crippen LogP contribution in [-0.4, -0.2) is 16.0 Å². The molecular weight excluding hydrogens is 263 g/mol. The van der Waals surface area contributed by atoms with Crippen molar-refractivity contribution in [2.75, 3.05) is 0 Å². The first kappa shape index (κ1) is 11.5. The van der Waals surface area contributed by atoms with Gasteiger partial charge in [-0.1, -0.05) is 0 Å². The Bertz CT molecular complexity index is 301.